The summed E-state index contributed by atoms with van der Waals surface area (Å²) >= 11 is 0. The molecule has 2 amide bonds. The van der Waals surface area contributed by atoms with Crippen LogP contribution >= 0.6 is 0 Å². The van der Waals surface area contributed by atoms with Crippen molar-refractivity contribution >= 4 is 11.7 Å². The third kappa shape index (κ3) is 7.26. The molecule has 0 unspecified atom stereocenters. The lowest BCUT2D eigenvalue weighted by Crippen LogP contribution is -2.43. The van der Waals surface area contributed by atoms with E-state index in [1.165, 1.54) is 4.90 Å². The summed E-state index contributed by atoms with van der Waals surface area (Å²) in [6, 6.07) is 18.3. The monoisotopic (exact) mass is 508 g/mol. The van der Waals surface area contributed by atoms with E-state index in [1.54, 1.807) is 35.2 Å². The minimum atomic E-state index is -4.97. The Morgan fingerprint density at radius 1 is 0.722 bits per heavy atom. The van der Waals surface area contributed by atoms with Gasteiger partial charge >= 0.3 is 18.4 Å². The number of benzene rings is 3. The highest BCUT2D eigenvalue weighted by molar-refractivity contribution is 5.92. The van der Waals surface area contributed by atoms with Crippen molar-refractivity contribution in [1.82, 2.24) is 4.90 Å². The number of carbonyl (C=O) groups excluding carboxylic acids is 1. The van der Waals surface area contributed by atoms with Crippen LogP contribution in [0.25, 0.3) is 0 Å². The summed E-state index contributed by atoms with van der Waals surface area (Å²) in [5.74, 6) is 0. The Kier molecular flexibility index (Phi) is 8.66. The zero-order chi connectivity index (χ0) is 26.3. The summed E-state index contributed by atoms with van der Waals surface area (Å²) in [7, 11) is 0. The standard InChI is InChI=1S/C27H26F6N2O/c1-2-3-14-34(18-20-10-6-4-7-11-20)25(36)35(24-12-8-5-9-13-24)19-21-15-22(26(28,29)30)17-23(16-21)27(31,32)33/h4-13,15-17H,2-3,14,18-19H2,1H3. The smallest absolute Gasteiger partial charge is 0.320 e. The number of alkyl halides is 6. The van der Waals surface area contributed by atoms with Crippen LogP contribution in [0, 0.1) is 0 Å². The molecule has 0 fully saturated rings. The second-order valence-corrected chi connectivity index (χ2v) is 8.38. The molecule has 36 heavy (non-hydrogen) atoms. The van der Waals surface area contributed by atoms with Gasteiger partial charge in [0.1, 0.15) is 0 Å². The second kappa shape index (κ2) is 11.5. The third-order valence-corrected chi connectivity index (χ3v) is 5.56. The first kappa shape index (κ1) is 27.1. The van der Waals surface area contributed by atoms with E-state index >= 15 is 0 Å². The highest BCUT2D eigenvalue weighted by atomic mass is 19.4. The van der Waals surface area contributed by atoms with Gasteiger partial charge in [0.25, 0.3) is 0 Å². The third-order valence-electron chi connectivity index (χ3n) is 5.56. The lowest BCUT2D eigenvalue weighted by atomic mass is 10.0. The van der Waals surface area contributed by atoms with Crippen LogP contribution in [0.15, 0.2) is 78.9 Å². The Balaban J connectivity index is 2.03. The summed E-state index contributed by atoms with van der Waals surface area (Å²) in [6.45, 7) is 2.12. The number of rotatable bonds is 8. The molecule has 3 nitrogen and oxygen atoms in total. The van der Waals surface area contributed by atoms with Gasteiger partial charge < -0.3 is 4.90 Å². The predicted octanol–water partition coefficient (Wildman–Crippen LogP) is 8.15. The molecule has 3 aromatic rings. The summed E-state index contributed by atoms with van der Waals surface area (Å²) in [5.41, 5.74) is -1.89. The lowest BCUT2D eigenvalue weighted by Gasteiger charge is -2.31. The molecule has 0 saturated carbocycles. The van der Waals surface area contributed by atoms with E-state index in [0.29, 0.717) is 30.8 Å². The Morgan fingerprint density at radius 2 is 1.25 bits per heavy atom. The molecule has 0 saturated heterocycles. The Hall–Kier alpha value is -3.49. The van der Waals surface area contributed by atoms with Crippen molar-refractivity contribution < 1.29 is 31.1 Å². The number of halogens is 6. The van der Waals surface area contributed by atoms with Gasteiger partial charge in [0.15, 0.2) is 0 Å². The van der Waals surface area contributed by atoms with Crippen molar-refractivity contribution in [3.8, 4) is 0 Å². The van der Waals surface area contributed by atoms with E-state index in [2.05, 4.69) is 0 Å². The number of anilines is 1. The Morgan fingerprint density at radius 3 is 1.75 bits per heavy atom. The van der Waals surface area contributed by atoms with Crippen LogP contribution in [0.4, 0.5) is 36.8 Å². The van der Waals surface area contributed by atoms with Crippen LogP contribution in [-0.2, 0) is 25.4 Å². The topological polar surface area (TPSA) is 23.6 Å². The number of carbonyl (C=O) groups is 1. The van der Waals surface area contributed by atoms with Gasteiger partial charge in [-0.3, -0.25) is 4.90 Å². The zero-order valence-electron chi connectivity index (χ0n) is 19.6. The molecule has 9 heteroatoms. The molecule has 0 heterocycles. The van der Waals surface area contributed by atoms with E-state index in [9.17, 15) is 31.1 Å². The van der Waals surface area contributed by atoms with Crippen LogP contribution < -0.4 is 4.90 Å². The van der Waals surface area contributed by atoms with Gasteiger partial charge in [-0.1, -0.05) is 61.9 Å². The van der Waals surface area contributed by atoms with Crippen molar-refractivity contribution in [2.45, 2.75) is 45.2 Å². The first-order valence-corrected chi connectivity index (χ1v) is 11.4. The van der Waals surface area contributed by atoms with Crippen molar-refractivity contribution in [1.29, 1.82) is 0 Å². The fraction of sp³-hybridized carbons (Fsp3) is 0.296. The van der Waals surface area contributed by atoms with Gasteiger partial charge in [-0.2, -0.15) is 26.3 Å². The van der Waals surface area contributed by atoms with Gasteiger partial charge in [0.2, 0.25) is 0 Å². The number of nitrogens with zero attached hydrogens (tertiary/aromatic N) is 2. The van der Waals surface area contributed by atoms with Crippen molar-refractivity contribution in [2.24, 2.45) is 0 Å². The van der Waals surface area contributed by atoms with E-state index in [4.69, 9.17) is 0 Å². The molecule has 0 aliphatic carbocycles. The molecule has 3 aromatic carbocycles. The normalized spacial score (nSPS) is 11.9. The molecule has 0 N–H and O–H groups in total. The second-order valence-electron chi connectivity index (χ2n) is 8.38. The summed E-state index contributed by atoms with van der Waals surface area (Å²) < 4.78 is 80.5. The number of hydrogen-bond donors (Lipinski definition) is 0. The van der Waals surface area contributed by atoms with Crippen molar-refractivity contribution in [3.05, 3.63) is 101 Å². The molecule has 0 bridgehead atoms. The fourth-order valence-electron chi connectivity index (χ4n) is 3.74. The minimum Gasteiger partial charge on any atom is -0.320 e. The van der Waals surface area contributed by atoms with Crippen LogP contribution in [-0.4, -0.2) is 17.5 Å². The van der Waals surface area contributed by atoms with Crippen molar-refractivity contribution in [3.63, 3.8) is 0 Å². The van der Waals surface area contributed by atoms with Gasteiger partial charge in [-0.15, -0.1) is 0 Å². The van der Waals surface area contributed by atoms with Gasteiger partial charge in [0.05, 0.1) is 17.7 Å². The first-order valence-electron chi connectivity index (χ1n) is 11.4. The molecule has 0 aliphatic rings. The molecule has 192 valence electrons. The molecule has 0 atom stereocenters. The maximum absolute atomic E-state index is 13.7. The highest BCUT2D eigenvalue weighted by Crippen LogP contribution is 2.37. The van der Waals surface area contributed by atoms with Crippen LogP contribution in [0.5, 0.6) is 0 Å². The summed E-state index contributed by atoms with van der Waals surface area (Å²) in [4.78, 5) is 16.5. The van der Waals surface area contributed by atoms with Crippen molar-refractivity contribution in [2.75, 3.05) is 11.4 Å². The summed E-state index contributed by atoms with van der Waals surface area (Å²) in [6.07, 6.45) is -8.47. The fourth-order valence-corrected chi connectivity index (χ4v) is 3.74. The molecule has 3 rings (SSSR count). The molecule has 0 aromatic heterocycles. The molecular weight excluding hydrogens is 482 g/mol. The number of para-hydroxylation sites is 1. The van der Waals surface area contributed by atoms with Gasteiger partial charge in [-0.25, -0.2) is 4.79 Å². The number of unbranched alkanes of at least 4 members (excludes halogenated alkanes) is 1. The van der Waals surface area contributed by atoms with E-state index in [0.717, 1.165) is 12.0 Å². The molecule has 0 aliphatic heterocycles. The Bertz CT molecular complexity index is 1100. The van der Waals surface area contributed by atoms with E-state index in [1.807, 2.05) is 37.3 Å². The largest absolute Gasteiger partial charge is 0.416 e. The molecule has 0 spiro atoms. The van der Waals surface area contributed by atoms with E-state index < -0.39 is 36.1 Å². The van der Waals surface area contributed by atoms with Crippen LogP contribution in [0.2, 0.25) is 0 Å². The SMILES string of the molecule is CCCCN(Cc1ccccc1)C(=O)N(Cc1cc(C(F)(F)F)cc(C(F)(F)F)c1)c1ccccc1. The molecular formula is C27H26F6N2O. The van der Waals surface area contributed by atoms with Crippen LogP contribution in [0.1, 0.15) is 42.0 Å². The number of urea groups is 1. The Labute approximate surface area is 206 Å². The highest BCUT2D eigenvalue weighted by Gasteiger charge is 2.37. The molecule has 0 radical (unpaired) electrons. The number of hydrogen-bond acceptors (Lipinski definition) is 1. The minimum absolute atomic E-state index is 0.0845. The number of amides is 2. The van der Waals surface area contributed by atoms with Gasteiger partial charge in [-0.05, 0) is 47.9 Å². The predicted molar refractivity (Wildman–Crippen MR) is 126 cm³/mol. The van der Waals surface area contributed by atoms with E-state index in [-0.39, 0.29) is 18.2 Å². The van der Waals surface area contributed by atoms with Crippen LogP contribution in [0.3, 0.4) is 0 Å². The average Bonchev–Trinajstić information content (AvgIpc) is 2.84. The van der Waals surface area contributed by atoms with Gasteiger partial charge in [0, 0.05) is 18.8 Å². The lowest BCUT2D eigenvalue weighted by molar-refractivity contribution is -0.143. The maximum atomic E-state index is 13.7. The first-order chi connectivity index (χ1) is 17.0. The zero-order valence-corrected chi connectivity index (χ0v) is 19.6. The maximum Gasteiger partial charge on any atom is 0.416 e. The average molecular weight is 509 g/mol. The quantitative estimate of drug-likeness (QED) is 0.282. The summed E-state index contributed by atoms with van der Waals surface area (Å²) in [5, 5.41) is 0.